The lowest BCUT2D eigenvalue weighted by atomic mass is 10.0. The molecule has 1 amide bonds. The number of hydrogen-bond donors (Lipinski definition) is 0. The van der Waals surface area contributed by atoms with E-state index >= 15 is 0 Å². The Morgan fingerprint density at radius 3 is 2.46 bits per heavy atom. The zero-order valence-corrected chi connectivity index (χ0v) is 8.34. The van der Waals surface area contributed by atoms with Crippen LogP contribution in [0.5, 0.6) is 0 Å². The third-order valence-corrected chi connectivity index (χ3v) is 2.93. The van der Waals surface area contributed by atoms with Gasteiger partial charge in [0, 0.05) is 25.4 Å². The molecule has 0 aromatic heterocycles. The normalized spacial score (nSPS) is 22.3. The van der Waals surface area contributed by atoms with Crippen LogP contribution in [0, 0.1) is 0 Å². The summed E-state index contributed by atoms with van der Waals surface area (Å²) in [5, 5.41) is 0. The number of carbonyl (C=O) groups excluding carboxylic acids is 1. The second-order valence-electron chi connectivity index (χ2n) is 3.89. The van der Waals surface area contributed by atoms with E-state index in [0.717, 1.165) is 19.5 Å². The van der Waals surface area contributed by atoms with Gasteiger partial charge in [0.25, 0.3) is 0 Å². The average Bonchev–Trinajstić information content (AvgIpc) is 2.45. The maximum absolute atomic E-state index is 11.3. The van der Waals surface area contributed by atoms with Crippen LogP contribution in [0.2, 0.25) is 0 Å². The Hall–Kier alpha value is -0.990. The summed E-state index contributed by atoms with van der Waals surface area (Å²) in [6, 6.07) is 0. The first-order valence-corrected chi connectivity index (χ1v) is 4.91. The molecule has 13 heavy (non-hydrogen) atoms. The summed E-state index contributed by atoms with van der Waals surface area (Å²) in [5.41, 5.74) is 2.67. The highest BCUT2D eigenvalue weighted by Gasteiger charge is 2.30. The SMILES string of the molecule is CC(=O)N1CN(C)C2=C1CCCC2. The molecule has 72 valence electrons. The van der Waals surface area contributed by atoms with Gasteiger partial charge < -0.3 is 4.90 Å². The van der Waals surface area contributed by atoms with E-state index in [1.165, 1.54) is 24.2 Å². The van der Waals surface area contributed by atoms with E-state index in [1.54, 1.807) is 6.92 Å². The molecule has 1 aliphatic heterocycles. The van der Waals surface area contributed by atoms with Crippen molar-refractivity contribution in [3.8, 4) is 0 Å². The summed E-state index contributed by atoms with van der Waals surface area (Å²) >= 11 is 0. The number of allylic oxidation sites excluding steroid dienone is 2. The van der Waals surface area contributed by atoms with E-state index in [4.69, 9.17) is 0 Å². The Morgan fingerprint density at radius 2 is 1.85 bits per heavy atom. The molecule has 0 N–H and O–H groups in total. The highest BCUT2D eigenvalue weighted by Crippen LogP contribution is 2.33. The summed E-state index contributed by atoms with van der Waals surface area (Å²) in [4.78, 5) is 15.4. The maximum Gasteiger partial charge on any atom is 0.225 e. The van der Waals surface area contributed by atoms with Crippen molar-refractivity contribution in [1.29, 1.82) is 0 Å². The van der Waals surface area contributed by atoms with Gasteiger partial charge >= 0.3 is 0 Å². The molecule has 0 radical (unpaired) electrons. The van der Waals surface area contributed by atoms with Crippen LogP contribution >= 0.6 is 0 Å². The molecular formula is C10H16N2O. The lowest BCUT2D eigenvalue weighted by Crippen LogP contribution is -2.29. The number of carbonyl (C=O) groups is 1. The van der Waals surface area contributed by atoms with Gasteiger partial charge in [-0.3, -0.25) is 9.69 Å². The largest absolute Gasteiger partial charge is 0.358 e. The quantitative estimate of drug-likeness (QED) is 0.564. The molecule has 0 atom stereocenters. The van der Waals surface area contributed by atoms with Gasteiger partial charge in [0.2, 0.25) is 5.91 Å². The van der Waals surface area contributed by atoms with Crippen molar-refractivity contribution >= 4 is 5.91 Å². The van der Waals surface area contributed by atoms with Crippen LogP contribution in [0.1, 0.15) is 32.6 Å². The van der Waals surface area contributed by atoms with Crippen molar-refractivity contribution in [1.82, 2.24) is 9.80 Å². The highest BCUT2D eigenvalue weighted by atomic mass is 16.2. The van der Waals surface area contributed by atoms with Crippen molar-refractivity contribution in [2.45, 2.75) is 32.6 Å². The van der Waals surface area contributed by atoms with Gasteiger partial charge in [-0.05, 0) is 25.7 Å². The molecular weight excluding hydrogens is 164 g/mol. The van der Waals surface area contributed by atoms with Crippen LogP contribution in [0.3, 0.4) is 0 Å². The molecule has 0 saturated carbocycles. The minimum atomic E-state index is 0.179. The van der Waals surface area contributed by atoms with Crippen molar-refractivity contribution in [2.75, 3.05) is 13.7 Å². The second kappa shape index (κ2) is 3.05. The van der Waals surface area contributed by atoms with Gasteiger partial charge in [-0.15, -0.1) is 0 Å². The van der Waals surface area contributed by atoms with Gasteiger partial charge in [-0.1, -0.05) is 0 Å². The summed E-state index contributed by atoms with van der Waals surface area (Å²) < 4.78 is 0. The van der Waals surface area contributed by atoms with Crippen LogP contribution in [-0.2, 0) is 4.79 Å². The van der Waals surface area contributed by atoms with Crippen LogP contribution in [-0.4, -0.2) is 29.4 Å². The molecule has 0 spiro atoms. The molecule has 3 heteroatoms. The second-order valence-corrected chi connectivity index (χ2v) is 3.89. The standard InChI is InChI=1S/C10H16N2O/c1-8(13)12-7-11(2)9-5-3-4-6-10(9)12/h3-7H2,1-2H3. The lowest BCUT2D eigenvalue weighted by molar-refractivity contribution is -0.127. The molecule has 0 aromatic carbocycles. The molecule has 0 bridgehead atoms. The Bertz CT molecular complexity index is 270. The fourth-order valence-corrected chi connectivity index (χ4v) is 2.25. The van der Waals surface area contributed by atoms with Gasteiger partial charge in [0.1, 0.15) is 0 Å². The Kier molecular flexibility index (Phi) is 2.02. The number of amides is 1. The van der Waals surface area contributed by atoms with Crippen molar-refractivity contribution < 1.29 is 4.79 Å². The van der Waals surface area contributed by atoms with E-state index < -0.39 is 0 Å². The lowest BCUT2D eigenvalue weighted by Gasteiger charge is -2.19. The molecule has 0 aromatic rings. The van der Waals surface area contributed by atoms with E-state index in [0.29, 0.717) is 0 Å². The predicted octanol–water partition coefficient (Wildman–Crippen LogP) is 1.52. The van der Waals surface area contributed by atoms with E-state index in [-0.39, 0.29) is 5.91 Å². The van der Waals surface area contributed by atoms with Crippen molar-refractivity contribution in [3.05, 3.63) is 11.4 Å². The summed E-state index contributed by atoms with van der Waals surface area (Å²) in [7, 11) is 2.07. The number of nitrogens with zero attached hydrogens (tertiary/aromatic N) is 2. The molecule has 2 rings (SSSR count). The molecule has 1 aliphatic carbocycles. The smallest absolute Gasteiger partial charge is 0.225 e. The van der Waals surface area contributed by atoms with E-state index in [2.05, 4.69) is 11.9 Å². The van der Waals surface area contributed by atoms with Gasteiger partial charge in [-0.25, -0.2) is 0 Å². The molecule has 0 saturated heterocycles. The van der Waals surface area contributed by atoms with Gasteiger partial charge in [0.15, 0.2) is 0 Å². The summed E-state index contributed by atoms with van der Waals surface area (Å²) in [6.45, 7) is 2.42. The molecule has 1 heterocycles. The Morgan fingerprint density at radius 1 is 1.23 bits per heavy atom. The van der Waals surface area contributed by atoms with Crippen molar-refractivity contribution in [2.24, 2.45) is 0 Å². The summed E-state index contributed by atoms with van der Waals surface area (Å²) in [5.74, 6) is 0.179. The molecule has 3 nitrogen and oxygen atoms in total. The van der Waals surface area contributed by atoms with Crippen LogP contribution in [0.4, 0.5) is 0 Å². The number of hydrogen-bond acceptors (Lipinski definition) is 2. The highest BCUT2D eigenvalue weighted by molar-refractivity contribution is 5.76. The molecule has 2 aliphatic rings. The van der Waals surface area contributed by atoms with Gasteiger partial charge in [-0.2, -0.15) is 0 Å². The topological polar surface area (TPSA) is 23.6 Å². The Labute approximate surface area is 79.0 Å². The zero-order valence-electron chi connectivity index (χ0n) is 8.34. The first-order chi connectivity index (χ1) is 6.20. The third kappa shape index (κ3) is 1.32. The summed E-state index contributed by atoms with van der Waals surface area (Å²) in [6.07, 6.45) is 4.74. The monoisotopic (exact) mass is 180 g/mol. The molecule has 0 fully saturated rings. The molecule has 0 unspecified atom stereocenters. The first-order valence-electron chi connectivity index (χ1n) is 4.91. The van der Waals surface area contributed by atoms with E-state index in [1.807, 2.05) is 4.90 Å². The number of rotatable bonds is 0. The van der Waals surface area contributed by atoms with Crippen LogP contribution < -0.4 is 0 Å². The van der Waals surface area contributed by atoms with Crippen LogP contribution in [0.25, 0.3) is 0 Å². The third-order valence-electron chi connectivity index (χ3n) is 2.93. The maximum atomic E-state index is 11.3. The first kappa shape index (κ1) is 8.60. The average molecular weight is 180 g/mol. The minimum Gasteiger partial charge on any atom is -0.358 e. The zero-order chi connectivity index (χ0) is 9.42. The predicted molar refractivity (Wildman–Crippen MR) is 50.6 cm³/mol. The van der Waals surface area contributed by atoms with E-state index in [9.17, 15) is 4.79 Å². The Balaban J connectivity index is 2.27. The van der Waals surface area contributed by atoms with Crippen LogP contribution in [0.15, 0.2) is 11.4 Å². The fourth-order valence-electron chi connectivity index (χ4n) is 2.25. The fraction of sp³-hybridized carbons (Fsp3) is 0.700. The van der Waals surface area contributed by atoms with Crippen molar-refractivity contribution in [3.63, 3.8) is 0 Å². The van der Waals surface area contributed by atoms with Gasteiger partial charge in [0.05, 0.1) is 6.67 Å². The minimum absolute atomic E-state index is 0.179.